The molecular weight excluding hydrogens is 1860 g/mol. The van der Waals surface area contributed by atoms with Gasteiger partial charge in [0.15, 0.2) is 0 Å². The van der Waals surface area contributed by atoms with Gasteiger partial charge in [-0.2, -0.15) is 0 Å². The summed E-state index contributed by atoms with van der Waals surface area (Å²) in [5.41, 5.74) is 16.1. The van der Waals surface area contributed by atoms with Gasteiger partial charge in [-0.3, -0.25) is 0 Å². The Labute approximate surface area is 893 Å². The van der Waals surface area contributed by atoms with Crippen LogP contribution in [0.3, 0.4) is 0 Å². The Bertz CT molecular complexity index is 9810. The summed E-state index contributed by atoms with van der Waals surface area (Å²) in [6.07, 6.45) is 0. The molecule has 144 heavy (non-hydrogen) atoms. The smallest absolute Gasteiger partial charge is 0.139 e. The van der Waals surface area contributed by atoms with Crippen LogP contribution in [-0.4, -0.2) is 0 Å². The zero-order valence-electron chi connectivity index (χ0n) is 102. The Kier molecular flexibility index (Phi) is 20.8. The second-order valence-electron chi connectivity index (χ2n) is 43.7. The summed E-state index contributed by atoms with van der Waals surface area (Å²) in [6.45, 7) is 46.3. The first-order chi connectivity index (χ1) is 75.6. The molecule has 0 N–H and O–H groups in total. The standard InChI is InChI=1S/2C23H22O.2C23H22S.2C22H18S2/c1-15-8-7-9-16(14-15)17-12-13-19-18-10-5-6-11-20(18)24-22(19)21(17)23(2,3)4;1-15-8-7-9-16(14-15)17-12-13-20-21(22(17)23(2,3)4)18-10-5-6-11-19(18)24-20;1-15-8-7-9-16(14-15)17-12-13-19-18-10-5-6-11-20(18)24-22(19)21(17)23(2,3)4;1-15-8-7-9-16(14-15)17-12-13-20-21(22(17)23(2,3)4)18-10-5-6-11-19(18)24-20;1-22(2,3)19-20-15(13-8-4-6-10-17(13)23-20)12-16-14-9-5-7-11-18(14)24-21(16)19;1-22(2,3)21-19-13-8-4-6-10-15(13)23-17(19)12-18-20(21)14-9-5-7-11-16(14)24-18/h4*5-14H,1-4H3;2*4-12H,1-3H3/i4*7D,8D,9D,14D;;. The molecule has 0 radical (unpaired) electrons. The van der Waals surface area contributed by atoms with Crippen molar-refractivity contribution < 1.29 is 30.8 Å². The van der Waals surface area contributed by atoms with Crippen molar-refractivity contribution in [2.45, 2.75) is 185 Å². The minimum atomic E-state index is -0.308. The fourth-order valence-electron chi connectivity index (χ4n) is 20.9. The Hall–Kier alpha value is -13.1. The normalized spacial score (nSPS) is 13.9. The molecule has 26 aromatic rings. The van der Waals surface area contributed by atoms with E-state index in [4.69, 9.17) is 30.8 Å². The highest BCUT2D eigenvalue weighted by molar-refractivity contribution is 7.29. The van der Waals surface area contributed by atoms with Gasteiger partial charge in [0.25, 0.3) is 0 Å². The molecular formula is C136H124O2S6. The van der Waals surface area contributed by atoms with Crippen molar-refractivity contribution in [2.24, 2.45) is 0 Å². The summed E-state index contributed by atoms with van der Waals surface area (Å²) in [7, 11) is 0. The Morgan fingerprint density at radius 1 is 0.201 bits per heavy atom. The minimum absolute atomic E-state index is 0.0287. The maximum Gasteiger partial charge on any atom is 0.139 e. The quantitative estimate of drug-likeness (QED) is 0.176. The summed E-state index contributed by atoms with van der Waals surface area (Å²) in [5.74, 6) is 0. The SMILES string of the molecule is CC(C)(C)c1c2c(cc3sc4ccccc4c13)sc1ccccc12.CC(C)(C)c1c2sc3ccccc3c2cc2c1sc1ccccc12.[2H]c1c([2H])c(C)c([2H])c(-c2ccc3c(oc4ccccc43)c2C(C)(C)C)c1[2H].[2H]c1c([2H])c(C)c([2H])c(-c2ccc3c(sc4ccccc43)c2C(C)(C)C)c1[2H].[2H]c1c([2H])c(C)c([2H])c(-c2ccc3oc4ccccc4c3c2C(C)(C)C)c1[2H].[2H]c1c([2H])c(C)c([2H])c(-c2ccc3sc4ccccc4c3c2C(C)(C)C)c1[2H]. The molecule has 2 nitrogen and oxygen atoms in total. The van der Waals surface area contributed by atoms with E-state index in [-0.39, 0.29) is 129 Å². The largest absolute Gasteiger partial charge is 0.456 e. The lowest BCUT2D eigenvalue weighted by Gasteiger charge is -2.25. The summed E-state index contributed by atoms with van der Waals surface area (Å²) in [5, 5.41) is 20.1. The van der Waals surface area contributed by atoms with Crippen molar-refractivity contribution >= 4 is 233 Å². The molecule has 0 aliphatic carbocycles. The van der Waals surface area contributed by atoms with Crippen molar-refractivity contribution in [3.63, 3.8) is 0 Å². The first-order valence-corrected chi connectivity index (χ1v) is 54.1. The van der Waals surface area contributed by atoms with Gasteiger partial charge in [0.1, 0.15) is 22.3 Å². The number of benzene rings is 18. The number of thiophene rings is 6. The van der Waals surface area contributed by atoms with Crippen molar-refractivity contribution in [3.8, 4) is 44.5 Å². The molecule has 0 aliphatic heterocycles. The molecule has 26 rings (SSSR count). The van der Waals surface area contributed by atoms with Crippen LogP contribution in [0.25, 0.3) is 209 Å². The van der Waals surface area contributed by atoms with Crippen molar-refractivity contribution in [1.82, 2.24) is 0 Å². The number of furan rings is 2. The van der Waals surface area contributed by atoms with Gasteiger partial charge in [-0.05, 0) is 211 Å². The number of para-hydroxylation sites is 2. The fourth-order valence-corrected chi connectivity index (χ4v) is 28.8. The van der Waals surface area contributed by atoms with Gasteiger partial charge < -0.3 is 8.83 Å². The van der Waals surface area contributed by atoms with Crippen molar-refractivity contribution in [1.29, 1.82) is 0 Å². The lowest BCUT2D eigenvalue weighted by atomic mass is 9.79. The lowest BCUT2D eigenvalue weighted by molar-refractivity contribution is 0.574. The van der Waals surface area contributed by atoms with Crippen LogP contribution >= 0.6 is 68.0 Å². The average Bonchev–Trinajstić information content (AvgIpc) is 1.54. The number of rotatable bonds is 4. The Balaban J connectivity index is 0.000000111. The fraction of sp³-hybridized carbons (Fsp3) is 0.206. The van der Waals surface area contributed by atoms with Gasteiger partial charge in [-0.1, -0.05) is 419 Å². The van der Waals surface area contributed by atoms with E-state index in [9.17, 15) is 0 Å². The Morgan fingerprint density at radius 2 is 0.500 bits per heavy atom. The molecule has 0 atom stereocenters. The molecule has 0 saturated carbocycles. The predicted octanol–water partition coefficient (Wildman–Crippen LogP) is 43.8. The van der Waals surface area contributed by atoms with E-state index < -0.39 is 0 Å². The maximum absolute atomic E-state index is 8.63. The number of hydrogen-bond donors (Lipinski definition) is 0. The summed E-state index contributed by atoms with van der Waals surface area (Å²) in [6, 6.07) is 88.1. The second kappa shape index (κ2) is 37.8. The molecule has 0 bridgehead atoms. The van der Waals surface area contributed by atoms with Crippen LogP contribution in [-0.2, 0) is 32.5 Å². The summed E-state index contributed by atoms with van der Waals surface area (Å²) < 4.78 is 162. The zero-order valence-corrected chi connectivity index (χ0v) is 90.4. The van der Waals surface area contributed by atoms with E-state index in [0.29, 0.717) is 44.5 Å². The third kappa shape index (κ3) is 18.4. The molecule has 8 heterocycles. The molecule has 8 aromatic heterocycles. The molecule has 8 heteroatoms. The first kappa shape index (κ1) is 79.3. The summed E-state index contributed by atoms with van der Waals surface area (Å²) in [4.78, 5) is 0. The van der Waals surface area contributed by atoms with Crippen LogP contribution < -0.4 is 0 Å². The minimum Gasteiger partial charge on any atom is -0.456 e. The van der Waals surface area contributed by atoms with Crippen LogP contribution in [0.1, 0.15) is 202 Å². The van der Waals surface area contributed by atoms with Crippen LogP contribution in [0, 0.1) is 27.7 Å². The molecule has 716 valence electrons. The highest BCUT2D eigenvalue weighted by Crippen LogP contribution is 2.55. The van der Waals surface area contributed by atoms with Crippen LogP contribution in [0.2, 0.25) is 0 Å². The van der Waals surface area contributed by atoms with Gasteiger partial charge >= 0.3 is 0 Å². The van der Waals surface area contributed by atoms with Crippen molar-refractivity contribution in [2.75, 3.05) is 0 Å². The van der Waals surface area contributed by atoms with E-state index in [1.165, 1.54) is 132 Å². The van der Waals surface area contributed by atoms with Gasteiger partial charge in [0, 0.05) is 148 Å². The highest BCUT2D eigenvalue weighted by Gasteiger charge is 2.33. The molecule has 0 fully saturated rings. The first-order valence-electron chi connectivity index (χ1n) is 57.2. The van der Waals surface area contributed by atoms with Gasteiger partial charge in [-0.15, -0.1) is 68.0 Å². The van der Waals surface area contributed by atoms with E-state index in [0.717, 1.165) is 88.4 Å². The van der Waals surface area contributed by atoms with Gasteiger partial charge in [0.05, 0.1) is 21.9 Å². The van der Waals surface area contributed by atoms with E-state index in [1.807, 2.05) is 155 Å². The number of fused-ring (bicyclic) bond motifs is 24. The Morgan fingerprint density at radius 3 is 0.910 bits per heavy atom. The van der Waals surface area contributed by atoms with E-state index in [2.05, 4.69) is 270 Å². The second-order valence-corrected chi connectivity index (χ2v) is 50.1. The lowest BCUT2D eigenvalue weighted by Crippen LogP contribution is -2.13. The van der Waals surface area contributed by atoms with Crippen LogP contribution in [0.5, 0.6) is 0 Å². The number of hydrogen-bond acceptors (Lipinski definition) is 8. The molecule has 0 unspecified atom stereocenters. The average molecular weight is 2000 g/mol. The van der Waals surface area contributed by atoms with E-state index >= 15 is 0 Å². The third-order valence-electron chi connectivity index (χ3n) is 26.8. The van der Waals surface area contributed by atoms with Crippen LogP contribution in [0.15, 0.2) is 360 Å². The highest BCUT2D eigenvalue weighted by atomic mass is 32.1. The molecule has 0 amide bonds. The zero-order chi connectivity index (χ0) is 114. The van der Waals surface area contributed by atoms with E-state index in [1.54, 1.807) is 50.4 Å². The molecule has 0 saturated heterocycles. The molecule has 18 aromatic carbocycles. The molecule has 0 aliphatic rings. The predicted molar refractivity (Wildman–Crippen MR) is 643 cm³/mol. The maximum atomic E-state index is 8.63. The van der Waals surface area contributed by atoms with Gasteiger partial charge in [-0.25, -0.2) is 0 Å². The summed E-state index contributed by atoms with van der Waals surface area (Å²) >= 11 is 11.2. The monoisotopic (exact) mass is 2000 g/mol. The van der Waals surface area contributed by atoms with Crippen molar-refractivity contribution in [3.05, 3.63) is 407 Å². The topological polar surface area (TPSA) is 26.3 Å². The van der Waals surface area contributed by atoms with Gasteiger partial charge in [0.2, 0.25) is 0 Å². The molecule has 0 spiro atoms. The third-order valence-corrected chi connectivity index (χ3v) is 33.8. The van der Waals surface area contributed by atoms with Crippen LogP contribution in [0.4, 0.5) is 0 Å².